The molecule has 1 aromatic heterocycles. The summed E-state index contributed by atoms with van der Waals surface area (Å²) < 4.78 is 32.0. The molecule has 0 aliphatic carbocycles. The van der Waals surface area contributed by atoms with E-state index in [0.717, 1.165) is 16.7 Å². The van der Waals surface area contributed by atoms with Gasteiger partial charge in [-0.3, -0.25) is 0 Å². The molecule has 0 aliphatic rings. The Morgan fingerprint density at radius 1 is 1.06 bits per heavy atom. The number of aryl methyl sites for hydroxylation is 2. The van der Waals surface area contributed by atoms with Crippen molar-refractivity contribution in [3.05, 3.63) is 101 Å². The van der Waals surface area contributed by atoms with Gasteiger partial charge in [-0.2, -0.15) is 18.2 Å². The Labute approximate surface area is 208 Å². The Bertz CT molecular complexity index is 1450. The van der Waals surface area contributed by atoms with Gasteiger partial charge in [0, 0.05) is 21.2 Å². The van der Waals surface area contributed by atoms with Crippen molar-refractivity contribution in [2.75, 3.05) is 0 Å². The number of nitrogens with two attached hydrogens (primary N) is 1. The number of aromatic nitrogens is 2. The van der Waals surface area contributed by atoms with E-state index in [4.69, 9.17) is 17.3 Å². The topological polar surface area (TPSA) is 90.3 Å². The number of hydrogen-bond donors (Lipinski definition) is 1. The fourth-order valence-corrected chi connectivity index (χ4v) is 6.02. The third kappa shape index (κ3) is 5.35. The monoisotopic (exact) mass is 510 g/mol. The number of halogens is 1. The van der Waals surface area contributed by atoms with Gasteiger partial charge in [-0.25, -0.2) is 0 Å². The summed E-state index contributed by atoms with van der Waals surface area (Å²) in [4.78, 5) is 0.569. The minimum absolute atomic E-state index is 0.0582. The van der Waals surface area contributed by atoms with E-state index in [1.165, 1.54) is 22.5 Å². The average Bonchev–Trinajstić information content (AvgIpc) is 3.31. The first-order valence-electron chi connectivity index (χ1n) is 10.4. The SMILES string of the molecule is Cc1ccc(CSc2cc(Cl)c(C)cc2S(=O)(=O)N=C(N)n2nccc2-c2ccccc2)cc1. The van der Waals surface area contributed by atoms with Crippen LogP contribution in [0.1, 0.15) is 16.7 Å². The van der Waals surface area contributed by atoms with Gasteiger partial charge in [-0.15, -0.1) is 16.2 Å². The molecule has 174 valence electrons. The standard InChI is InChI=1S/C25H23ClN4O2S2/c1-17-8-10-19(11-9-17)16-33-23-15-21(26)18(2)14-24(23)34(31,32)29-25(27)30-22(12-13-28-30)20-6-4-3-5-7-20/h3-15H,16H2,1-2H3,(H2,27,29). The fraction of sp³-hybridized carbons (Fsp3) is 0.120. The normalized spacial score (nSPS) is 12.1. The van der Waals surface area contributed by atoms with Crippen LogP contribution in [0.15, 0.2) is 93.2 Å². The molecule has 6 nitrogen and oxygen atoms in total. The van der Waals surface area contributed by atoms with Crippen LogP contribution in [0.2, 0.25) is 5.02 Å². The molecule has 0 spiro atoms. The fourth-order valence-electron chi connectivity index (χ4n) is 3.32. The van der Waals surface area contributed by atoms with Gasteiger partial charge in [0.15, 0.2) is 0 Å². The van der Waals surface area contributed by atoms with E-state index in [0.29, 0.717) is 26.9 Å². The van der Waals surface area contributed by atoms with E-state index < -0.39 is 10.0 Å². The van der Waals surface area contributed by atoms with Gasteiger partial charge in [0.05, 0.1) is 11.9 Å². The molecule has 0 saturated heterocycles. The van der Waals surface area contributed by atoms with Crippen LogP contribution in [0.25, 0.3) is 11.3 Å². The molecule has 0 bridgehead atoms. The maximum absolute atomic E-state index is 13.4. The van der Waals surface area contributed by atoms with Crippen LogP contribution in [0, 0.1) is 13.8 Å². The lowest BCUT2D eigenvalue weighted by Crippen LogP contribution is -2.26. The predicted molar refractivity (Wildman–Crippen MR) is 139 cm³/mol. The summed E-state index contributed by atoms with van der Waals surface area (Å²) >= 11 is 7.72. The van der Waals surface area contributed by atoms with Gasteiger partial charge in [0.25, 0.3) is 10.0 Å². The highest BCUT2D eigenvalue weighted by atomic mass is 35.5. The largest absolute Gasteiger partial charge is 0.367 e. The molecule has 2 N–H and O–H groups in total. The average molecular weight is 511 g/mol. The van der Waals surface area contributed by atoms with Gasteiger partial charge >= 0.3 is 0 Å². The van der Waals surface area contributed by atoms with Crippen molar-refractivity contribution in [1.82, 2.24) is 9.78 Å². The smallest absolute Gasteiger partial charge is 0.286 e. The summed E-state index contributed by atoms with van der Waals surface area (Å²) in [5.41, 5.74) is 10.5. The van der Waals surface area contributed by atoms with E-state index in [1.807, 2.05) is 61.5 Å². The predicted octanol–water partition coefficient (Wildman–Crippen LogP) is 5.66. The first-order valence-corrected chi connectivity index (χ1v) is 13.2. The van der Waals surface area contributed by atoms with Gasteiger partial charge in [0.2, 0.25) is 5.96 Å². The van der Waals surface area contributed by atoms with Gasteiger partial charge in [-0.1, -0.05) is 71.8 Å². The maximum atomic E-state index is 13.4. The molecular formula is C25H23ClN4O2S2. The van der Waals surface area contributed by atoms with Crippen LogP contribution in [-0.4, -0.2) is 24.2 Å². The minimum Gasteiger partial charge on any atom is -0.367 e. The van der Waals surface area contributed by atoms with E-state index in [2.05, 4.69) is 9.50 Å². The van der Waals surface area contributed by atoms with Crippen molar-refractivity contribution in [1.29, 1.82) is 0 Å². The molecule has 34 heavy (non-hydrogen) atoms. The lowest BCUT2D eigenvalue weighted by atomic mass is 10.1. The Morgan fingerprint density at radius 2 is 1.76 bits per heavy atom. The highest BCUT2D eigenvalue weighted by Crippen LogP contribution is 2.34. The van der Waals surface area contributed by atoms with Crippen LogP contribution in [0.4, 0.5) is 0 Å². The van der Waals surface area contributed by atoms with E-state index in [9.17, 15) is 8.42 Å². The van der Waals surface area contributed by atoms with Crippen LogP contribution in [0.5, 0.6) is 0 Å². The minimum atomic E-state index is -4.14. The van der Waals surface area contributed by atoms with Crippen LogP contribution < -0.4 is 5.73 Å². The van der Waals surface area contributed by atoms with Crippen molar-refractivity contribution < 1.29 is 8.42 Å². The quantitative estimate of drug-likeness (QED) is 0.205. The maximum Gasteiger partial charge on any atom is 0.286 e. The number of nitrogens with zero attached hydrogens (tertiary/aromatic N) is 3. The molecule has 0 saturated carbocycles. The number of sulfonamides is 1. The van der Waals surface area contributed by atoms with Crippen molar-refractivity contribution in [2.45, 2.75) is 29.4 Å². The van der Waals surface area contributed by atoms with E-state index in [1.54, 1.807) is 25.3 Å². The van der Waals surface area contributed by atoms with Crippen molar-refractivity contribution in [2.24, 2.45) is 10.1 Å². The Hall–Kier alpha value is -3.07. The molecular weight excluding hydrogens is 488 g/mol. The molecule has 4 rings (SSSR count). The van der Waals surface area contributed by atoms with Crippen molar-refractivity contribution in [3.63, 3.8) is 0 Å². The lowest BCUT2D eigenvalue weighted by Gasteiger charge is -2.12. The molecule has 1 heterocycles. The highest BCUT2D eigenvalue weighted by molar-refractivity contribution is 7.99. The molecule has 3 aromatic carbocycles. The summed E-state index contributed by atoms with van der Waals surface area (Å²) in [7, 11) is -4.14. The molecule has 0 atom stereocenters. The third-order valence-electron chi connectivity index (χ3n) is 5.16. The zero-order valence-corrected chi connectivity index (χ0v) is 21.0. The summed E-state index contributed by atoms with van der Waals surface area (Å²) in [6.07, 6.45) is 1.55. The van der Waals surface area contributed by atoms with E-state index in [-0.39, 0.29) is 10.9 Å². The van der Waals surface area contributed by atoms with Crippen LogP contribution >= 0.6 is 23.4 Å². The highest BCUT2D eigenvalue weighted by Gasteiger charge is 2.22. The Kier molecular flexibility index (Phi) is 7.11. The number of benzene rings is 3. The summed E-state index contributed by atoms with van der Waals surface area (Å²) in [6, 6.07) is 22.5. The second-order valence-corrected chi connectivity index (χ2v) is 10.7. The summed E-state index contributed by atoms with van der Waals surface area (Å²) in [6.45, 7) is 3.77. The number of rotatable bonds is 6. The lowest BCUT2D eigenvalue weighted by molar-refractivity contribution is 0.595. The second kappa shape index (κ2) is 10.0. The molecule has 0 unspecified atom stereocenters. The van der Waals surface area contributed by atoms with E-state index >= 15 is 0 Å². The molecule has 4 aromatic rings. The molecule has 0 radical (unpaired) electrons. The van der Waals surface area contributed by atoms with Crippen molar-refractivity contribution in [3.8, 4) is 11.3 Å². The van der Waals surface area contributed by atoms with Gasteiger partial charge in [-0.05, 0) is 43.2 Å². The first kappa shape index (κ1) is 24.1. The Morgan fingerprint density at radius 3 is 2.47 bits per heavy atom. The number of hydrogen-bond acceptors (Lipinski definition) is 4. The second-order valence-electron chi connectivity index (χ2n) is 7.74. The zero-order chi connectivity index (χ0) is 24.3. The molecule has 9 heteroatoms. The molecule has 0 amide bonds. The van der Waals surface area contributed by atoms with Crippen LogP contribution in [-0.2, 0) is 15.8 Å². The van der Waals surface area contributed by atoms with Gasteiger partial charge < -0.3 is 5.73 Å². The molecule has 0 fully saturated rings. The first-order chi connectivity index (χ1) is 16.2. The third-order valence-corrected chi connectivity index (χ3v) is 8.14. The summed E-state index contributed by atoms with van der Waals surface area (Å²) in [5.74, 6) is 0.338. The van der Waals surface area contributed by atoms with Crippen molar-refractivity contribution >= 4 is 39.3 Å². The molecule has 0 aliphatic heterocycles. The number of thioether (sulfide) groups is 1. The van der Waals surface area contributed by atoms with Gasteiger partial charge in [0.1, 0.15) is 4.90 Å². The van der Waals surface area contributed by atoms with Crippen LogP contribution in [0.3, 0.4) is 0 Å². The Balaban J connectivity index is 1.69. The zero-order valence-electron chi connectivity index (χ0n) is 18.6. The summed E-state index contributed by atoms with van der Waals surface area (Å²) in [5, 5.41) is 4.66.